The van der Waals surface area contributed by atoms with Gasteiger partial charge in [0.25, 0.3) is 5.91 Å². The monoisotopic (exact) mass is 389 g/mol. The Labute approximate surface area is 170 Å². The molecule has 0 saturated heterocycles. The number of pyridine rings is 1. The third-order valence-corrected chi connectivity index (χ3v) is 4.56. The van der Waals surface area contributed by atoms with Crippen molar-refractivity contribution >= 4 is 12.1 Å². The molecule has 0 radical (unpaired) electrons. The lowest BCUT2D eigenvalue weighted by molar-refractivity contribution is 0.0955. The lowest BCUT2D eigenvalue weighted by atomic mass is 10.1. The van der Waals surface area contributed by atoms with E-state index in [0.29, 0.717) is 12.2 Å². The van der Waals surface area contributed by atoms with Gasteiger partial charge in [-0.1, -0.05) is 12.1 Å². The molecule has 0 fully saturated rings. The Hall–Kier alpha value is -3.67. The highest BCUT2D eigenvalue weighted by Crippen LogP contribution is 2.25. The average molecular weight is 389 g/mol. The molecule has 1 amide bonds. The second kappa shape index (κ2) is 9.50. The van der Waals surface area contributed by atoms with E-state index < -0.39 is 0 Å². The minimum atomic E-state index is -0.296. The van der Waals surface area contributed by atoms with Gasteiger partial charge in [0.1, 0.15) is 18.1 Å². The topological polar surface area (TPSA) is 72.8 Å². The number of carbonyl (C=O) groups excluding carboxylic acids is 1. The van der Waals surface area contributed by atoms with E-state index in [0.717, 1.165) is 28.2 Å². The van der Waals surface area contributed by atoms with Crippen molar-refractivity contribution in [2.75, 3.05) is 7.11 Å². The molecule has 1 heterocycles. The quantitative estimate of drug-likeness (QED) is 0.489. The summed E-state index contributed by atoms with van der Waals surface area (Å²) in [6, 6.07) is 14.9. The van der Waals surface area contributed by atoms with Gasteiger partial charge in [-0.25, -0.2) is 5.43 Å². The molecule has 6 heteroatoms. The van der Waals surface area contributed by atoms with Crippen molar-refractivity contribution in [3.8, 4) is 11.5 Å². The van der Waals surface area contributed by atoms with Crippen LogP contribution in [0.15, 0.2) is 66.0 Å². The molecule has 0 aliphatic rings. The molecule has 0 aliphatic heterocycles. The lowest BCUT2D eigenvalue weighted by Crippen LogP contribution is -2.17. The second-order valence-corrected chi connectivity index (χ2v) is 6.49. The Bertz CT molecular complexity index is 1020. The van der Waals surface area contributed by atoms with Crippen LogP contribution in [0.3, 0.4) is 0 Å². The summed E-state index contributed by atoms with van der Waals surface area (Å²) in [7, 11) is 1.62. The minimum absolute atomic E-state index is 0.296. The van der Waals surface area contributed by atoms with Crippen LogP contribution in [0.1, 0.15) is 32.6 Å². The zero-order valence-corrected chi connectivity index (χ0v) is 16.7. The molecule has 1 N–H and O–H groups in total. The van der Waals surface area contributed by atoms with Gasteiger partial charge in [-0.15, -0.1) is 0 Å². The summed E-state index contributed by atoms with van der Waals surface area (Å²) in [5.74, 6) is 1.28. The van der Waals surface area contributed by atoms with Crippen molar-refractivity contribution in [3.63, 3.8) is 0 Å². The van der Waals surface area contributed by atoms with Gasteiger partial charge >= 0.3 is 0 Å². The van der Waals surface area contributed by atoms with Gasteiger partial charge in [0.15, 0.2) is 0 Å². The van der Waals surface area contributed by atoms with E-state index in [9.17, 15) is 4.79 Å². The molecule has 1 aromatic heterocycles. The fraction of sp³-hybridized carbons (Fsp3) is 0.174. The standard InChI is InChI=1S/C23H23N3O3/c1-16-5-4-6-21(17(16)2)29-15-20-13-18(7-8-22(20)28-3)14-25-26-23(27)19-9-11-24-12-10-19/h4-14H,15H2,1-3H3,(H,26,27)/b25-14-. The molecule has 0 unspecified atom stereocenters. The molecule has 0 aliphatic carbocycles. The molecule has 0 bridgehead atoms. The SMILES string of the molecule is COc1ccc(/C=N\NC(=O)c2ccncc2)cc1COc1cccc(C)c1C. The lowest BCUT2D eigenvalue weighted by Gasteiger charge is -2.13. The second-order valence-electron chi connectivity index (χ2n) is 6.49. The number of ether oxygens (including phenoxy) is 2. The van der Waals surface area contributed by atoms with Crippen LogP contribution in [0, 0.1) is 13.8 Å². The van der Waals surface area contributed by atoms with Gasteiger partial charge in [-0.3, -0.25) is 9.78 Å². The number of benzene rings is 2. The van der Waals surface area contributed by atoms with Crippen molar-refractivity contribution < 1.29 is 14.3 Å². The number of nitrogens with one attached hydrogen (secondary N) is 1. The van der Waals surface area contributed by atoms with Crippen molar-refractivity contribution in [2.45, 2.75) is 20.5 Å². The highest BCUT2D eigenvalue weighted by molar-refractivity contribution is 5.94. The van der Waals surface area contributed by atoms with Crippen LogP contribution in [0.5, 0.6) is 11.5 Å². The number of hydrogen-bond acceptors (Lipinski definition) is 5. The maximum atomic E-state index is 12.0. The Morgan fingerprint density at radius 1 is 1.10 bits per heavy atom. The van der Waals surface area contributed by atoms with Gasteiger partial charge < -0.3 is 9.47 Å². The van der Waals surface area contributed by atoms with Crippen molar-refractivity contribution in [1.29, 1.82) is 0 Å². The average Bonchev–Trinajstić information content (AvgIpc) is 2.75. The van der Waals surface area contributed by atoms with Gasteiger partial charge in [-0.05, 0) is 66.9 Å². The maximum absolute atomic E-state index is 12.0. The first-order chi connectivity index (χ1) is 14.1. The van der Waals surface area contributed by atoms with Crippen LogP contribution in [-0.4, -0.2) is 24.2 Å². The van der Waals surface area contributed by atoms with Crippen molar-refractivity contribution in [2.24, 2.45) is 5.10 Å². The first kappa shape index (κ1) is 20.1. The fourth-order valence-corrected chi connectivity index (χ4v) is 2.76. The van der Waals surface area contributed by atoms with E-state index in [1.807, 2.05) is 37.3 Å². The van der Waals surface area contributed by atoms with Gasteiger partial charge in [0.2, 0.25) is 0 Å². The van der Waals surface area contributed by atoms with E-state index in [2.05, 4.69) is 28.5 Å². The zero-order valence-electron chi connectivity index (χ0n) is 16.7. The molecule has 0 saturated carbocycles. The maximum Gasteiger partial charge on any atom is 0.271 e. The molecular weight excluding hydrogens is 366 g/mol. The number of aromatic nitrogens is 1. The third kappa shape index (κ3) is 5.19. The predicted octanol–water partition coefficient (Wildman–Crippen LogP) is 4.05. The Morgan fingerprint density at radius 3 is 2.66 bits per heavy atom. The normalized spacial score (nSPS) is 10.7. The first-order valence-corrected chi connectivity index (χ1v) is 9.18. The summed E-state index contributed by atoms with van der Waals surface area (Å²) < 4.78 is 11.4. The van der Waals surface area contributed by atoms with E-state index in [4.69, 9.17) is 9.47 Å². The summed E-state index contributed by atoms with van der Waals surface area (Å²) in [6.45, 7) is 4.45. The summed E-state index contributed by atoms with van der Waals surface area (Å²) in [4.78, 5) is 15.9. The number of hydrogen-bond donors (Lipinski definition) is 1. The number of nitrogens with zero attached hydrogens (tertiary/aromatic N) is 2. The number of carbonyl (C=O) groups is 1. The van der Waals surface area contributed by atoms with Crippen LogP contribution < -0.4 is 14.9 Å². The Kier molecular flexibility index (Phi) is 6.58. The summed E-state index contributed by atoms with van der Waals surface area (Å²) >= 11 is 0. The summed E-state index contributed by atoms with van der Waals surface area (Å²) in [5.41, 5.74) is 7.00. The molecule has 6 nitrogen and oxygen atoms in total. The Morgan fingerprint density at radius 2 is 1.90 bits per heavy atom. The van der Waals surface area contributed by atoms with Gasteiger partial charge in [-0.2, -0.15) is 5.10 Å². The van der Waals surface area contributed by atoms with Crippen molar-refractivity contribution in [3.05, 3.63) is 88.7 Å². The number of hydrazone groups is 1. The molecule has 3 aromatic rings. The van der Waals surface area contributed by atoms with Crippen LogP contribution in [-0.2, 0) is 6.61 Å². The molecule has 0 spiro atoms. The fourth-order valence-electron chi connectivity index (χ4n) is 2.76. The molecule has 3 rings (SSSR count). The first-order valence-electron chi connectivity index (χ1n) is 9.18. The minimum Gasteiger partial charge on any atom is -0.496 e. The molecule has 29 heavy (non-hydrogen) atoms. The van der Waals surface area contributed by atoms with Crippen LogP contribution in [0.4, 0.5) is 0 Å². The van der Waals surface area contributed by atoms with Crippen LogP contribution in [0.25, 0.3) is 0 Å². The van der Waals surface area contributed by atoms with E-state index in [1.165, 1.54) is 5.56 Å². The third-order valence-electron chi connectivity index (χ3n) is 4.56. The molecule has 148 valence electrons. The smallest absolute Gasteiger partial charge is 0.271 e. The molecular formula is C23H23N3O3. The van der Waals surface area contributed by atoms with Gasteiger partial charge in [0.05, 0.1) is 13.3 Å². The highest BCUT2D eigenvalue weighted by Gasteiger charge is 2.08. The predicted molar refractivity (Wildman–Crippen MR) is 113 cm³/mol. The number of amides is 1. The summed E-state index contributed by atoms with van der Waals surface area (Å²) in [5, 5.41) is 4.03. The number of rotatable bonds is 7. The van der Waals surface area contributed by atoms with E-state index >= 15 is 0 Å². The largest absolute Gasteiger partial charge is 0.496 e. The Balaban J connectivity index is 1.69. The van der Waals surface area contributed by atoms with E-state index in [-0.39, 0.29) is 5.91 Å². The molecule has 0 atom stereocenters. The highest BCUT2D eigenvalue weighted by atomic mass is 16.5. The van der Waals surface area contributed by atoms with Crippen molar-refractivity contribution in [1.82, 2.24) is 10.4 Å². The van der Waals surface area contributed by atoms with Gasteiger partial charge in [0, 0.05) is 23.5 Å². The summed E-state index contributed by atoms with van der Waals surface area (Å²) in [6.07, 6.45) is 4.70. The molecule has 2 aromatic carbocycles. The van der Waals surface area contributed by atoms with Crippen LogP contribution >= 0.6 is 0 Å². The van der Waals surface area contributed by atoms with Crippen LogP contribution in [0.2, 0.25) is 0 Å². The number of methoxy groups -OCH3 is 1. The van der Waals surface area contributed by atoms with E-state index in [1.54, 1.807) is 37.9 Å². The number of aryl methyl sites for hydroxylation is 1. The zero-order chi connectivity index (χ0) is 20.6.